The van der Waals surface area contributed by atoms with Gasteiger partial charge < -0.3 is 9.30 Å². The number of esters is 1. The Kier molecular flexibility index (Phi) is 2.60. The molecule has 90 valence electrons. The van der Waals surface area contributed by atoms with Crippen LogP contribution in [-0.2, 0) is 4.74 Å². The molecule has 0 fully saturated rings. The van der Waals surface area contributed by atoms with Crippen LogP contribution in [0.15, 0.2) is 41.4 Å². The minimum Gasteiger partial charge on any atom is -0.465 e. The van der Waals surface area contributed by atoms with Crippen LogP contribution in [0, 0.1) is 0 Å². The highest BCUT2D eigenvalue weighted by Gasteiger charge is 2.10. The zero-order chi connectivity index (χ0) is 12.5. The van der Waals surface area contributed by atoms with Crippen molar-refractivity contribution in [1.29, 1.82) is 0 Å². The summed E-state index contributed by atoms with van der Waals surface area (Å²) in [5.41, 5.74) is 3.28. The molecule has 18 heavy (non-hydrogen) atoms. The van der Waals surface area contributed by atoms with Gasteiger partial charge in [0.15, 0.2) is 0 Å². The molecule has 3 heterocycles. The van der Waals surface area contributed by atoms with E-state index in [0.29, 0.717) is 5.56 Å². The monoisotopic (exact) mass is 258 g/mol. The van der Waals surface area contributed by atoms with Crippen molar-refractivity contribution in [2.75, 3.05) is 7.11 Å². The lowest BCUT2D eigenvalue weighted by Gasteiger charge is -2.03. The van der Waals surface area contributed by atoms with Gasteiger partial charge in [0.2, 0.25) is 0 Å². The smallest absolute Gasteiger partial charge is 0.339 e. The number of ether oxygens (including phenoxy) is 1. The van der Waals surface area contributed by atoms with Crippen molar-refractivity contribution >= 4 is 28.3 Å². The lowest BCUT2D eigenvalue weighted by atomic mass is 10.2. The quantitative estimate of drug-likeness (QED) is 0.664. The summed E-state index contributed by atoms with van der Waals surface area (Å²) in [6, 6.07) is 5.74. The van der Waals surface area contributed by atoms with E-state index in [1.165, 1.54) is 13.3 Å². The van der Waals surface area contributed by atoms with Gasteiger partial charge in [0, 0.05) is 17.8 Å². The second-order valence-corrected chi connectivity index (χ2v) is 4.57. The first-order valence-corrected chi connectivity index (χ1v) is 6.32. The zero-order valence-electron chi connectivity index (χ0n) is 9.66. The predicted octanol–water partition coefficient (Wildman–Crippen LogP) is 2.87. The molecule has 0 atom stereocenters. The summed E-state index contributed by atoms with van der Waals surface area (Å²) >= 11 is 1.63. The van der Waals surface area contributed by atoms with Gasteiger partial charge in [-0.15, -0.1) is 0 Å². The van der Waals surface area contributed by atoms with E-state index in [9.17, 15) is 4.79 Å². The number of hydrogen-bond donors (Lipinski definition) is 0. The van der Waals surface area contributed by atoms with Crippen molar-refractivity contribution in [3.05, 3.63) is 46.9 Å². The number of aromatic nitrogens is 2. The Bertz CT molecular complexity index is 701. The highest BCUT2D eigenvalue weighted by atomic mass is 32.1. The van der Waals surface area contributed by atoms with E-state index in [0.717, 1.165) is 16.7 Å². The highest BCUT2D eigenvalue weighted by Crippen LogP contribution is 2.21. The molecule has 0 bridgehead atoms. The van der Waals surface area contributed by atoms with Crippen LogP contribution >= 0.6 is 11.3 Å². The van der Waals surface area contributed by atoms with Crippen LogP contribution in [0.3, 0.4) is 0 Å². The third-order valence-corrected chi connectivity index (χ3v) is 3.41. The first-order valence-electron chi connectivity index (χ1n) is 5.37. The van der Waals surface area contributed by atoms with Crippen molar-refractivity contribution < 1.29 is 9.53 Å². The lowest BCUT2D eigenvalue weighted by molar-refractivity contribution is 0.0600. The van der Waals surface area contributed by atoms with Crippen molar-refractivity contribution in [3.8, 4) is 5.69 Å². The van der Waals surface area contributed by atoms with Gasteiger partial charge in [-0.2, -0.15) is 11.3 Å². The summed E-state index contributed by atoms with van der Waals surface area (Å²) in [6.07, 6.45) is 3.48. The second kappa shape index (κ2) is 4.27. The molecular weight excluding hydrogens is 248 g/mol. The summed E-state index contributed by atoms with van der Waals surface area (Å²) in [4.78, 5) is 15.8. The largest absolute Gasteiger partial charge is 0.465 e. The molecule has 0 N–H and O–H groups in total. The maximum atomic E-state index is 11.5. The number of hydrogen-bond acceptors (Lipinski definition) is 4. The van der Waals surface area contributed by atoms with Gasteiger partial charge >= 0.3 is 5.97 Å². The fraction of sp³-hybridized carbons (Fsp3) is 0.0769. The topological polar surface area (TPSA) is 44.1 Å². The van der Waals surface area contributed by atoms with Gasteiger partial charge in [-0.3, -0.25) is 4.98 Å². The average molecular weight is 258 g/mol. The molecule has 0 aliphatic rings. The van der Waals surface area contributed by atoms with Gasteiger partial charge in [-0.25, -0.2) is 4.79 Å². The van der Waals surface area contributed by atoms with E-state index in [2.05, 4.69) is 4.98 Å². The van der Waals surface area contributed by atoms with E-state index < -0.39 is 0 Å². The van der Waals surface area contributed by atoms with Crippen molar-refractivity contribution in [2.24, 2.45) is 0 Å². The Morgan fingerprint density at radius 2 is 2.33 bits per heavy atom. The van der Waals surface area contributed by atoms with E-state index in [-0.39, 0.29) is 5.97 Å². The molecule has 0 saturated heterocycles. The average Bonchev–Trinajstić information content (AvgIpc) is 3.05. The number of rotatable bonds is 2. The van der Waals surface area contributed by atoms with E-state index in [1.54, 1.807) is 17.4 Å². The Hall–Kier alpha value is -2.14. The van der Waals surface area contributed by atoms with Crippen LogP contribution in [0.25, 0.3) is 16.7 Å². The number of pyridine rings is 1. The van der Waals surface area contributed by atoms with Gasteiger partial charge in [-0.05, 0) is 23.6 Å². The van der Waals surface area contributed by atoms with E-state index in [4.69, 9.17) is 4.74 Å². The predicted molar refractivity (Wildman–Crippen MR) is 70.3 cm³/mol. The van der Waals surface area contributed by atoms with Crippen LogP contribution in [0.1, 0.15) is 10.4 Å². The summed E-state index contributed by atoms with van der Waals surface area (Å²) in [5.74, 6) is -0.373. The standard InChI is InChI=1S/C13H10N2O2S/c1-17-13(16)9-6-12-11(14-7-9)2-4-15(12)10-3-5-18-8-10/h2-8H,1H3. The van der Waals surface area contributed by atoms with Crippen LogP contribution < -0.4 is 0 Å². The van der Waals surface area contributed by atoms with Gasteiger partial charge in [-0.1, -0.05) is 0 Å². The maximum Gasteiger partial charge on any atom is 0.339 e. The molecule has 3 rings (SSSR count). The Labute approximate surface area is 107 Å². The number of carbonyl (C=O) groups is 1. The number of fused-ring (bicyclic) bond motifs is 1. The molecule has 0 spiro atoms. The van der Waals surface area contributed by atoms with Gasteiger partial charge in [0.1, 0.15) is 0 Å². The third-order valence-electron chi connectivity index (χ3n) is 2.74. The van der Waals surface area contributed by atoms with Crippen molar-refractivity contribution in [3.63, 3.8) is 0 Å². The van der Waals surface area contributed by atoms with Crippen LogP contribution in [0.5, 0.6) is 0 Å². The van der Waals surface area contributed by atoms with Crippen LogP contribution in [0.4, 0.5) is 0 Å². The normalized spacial score (nSPS) is 10.7. The number of nitrogens with zero attached hydrogens (tertiary/aromatic N) is 2. The molecule has 0 aliphatic carbocycles. The molecule has 5 heteroatoms. The molecule has 3 aromatic rings. The van der Waals surface area contributed by atoms with Gasteiger partial charge in [0.25, 0.3) is 0 Å². The lowest BCUT2D eigenvalue weighted by Crippen LogP contribution is -2.02. The third kappa shape index (κ3) is 1.69. The Morgan fingerprint density at radius 1 is 1.44 bits per heavy atom. The Balaban J connectivity index is 2.19. The minimum absolute atomic E-state index is 0.373. The summed E-state index contributed by atoms with van der Waals surface area (Å²) < 4.78 is 6.71. The molecule has 0 aromatic carbocycles. The van der Waals surface area contributed by atoms with Crippen LogP contribution in [0.2, 0.25) is 0 Å². The fourth-order valence-electron chi connectivity index (χ4n) is 1.86. The molecule has 0 unspecified atom stereocenters. The molecular formula is C13H10N2O2S. The fourth-order valence-corrected chi connectivity index (χ4v) is 2.49. The molecule has 0 radical (unpaired) electrons. The molecule has 4 nitrogen and oxygen atoms in total. The number of thiophene rings is 1. The van der Waals surface area contributed by atoms with E-state index >= 15 is 0 Å². The molecule has 0 amide bonds. The highest BCUT2D eigenvalue weighted by molar-refractivity contribution is 7.08. The molecule has 3 aromatic heterocycles. The summed E-state index contributed by atoms with van der Waals surface area (Å²) in [6.45, 7) is 0. The minimum atomic E-state index is -0.373. The maximum absolute atomic E-state index is 11.5. The Morgan fingerprint density at radius 3 is 3.06 bits per heavy atom. The first-order chi connectivity index (χ1) is 8.79. The van der Waals surface area contributed by atoms with Crippen LogP contribution in [-0.4, -0.2) is 22.6 Å². The summed E-state index contributed by atoms with van der Waals surface area (Å²) in [5, 5.41) is 4.06. The summed E-state index contributed by atoms with van der Waals surface area (Å²) in [7, 11) is 1.37. The van der Waals surface area contributed by atoms with Crippen molar-refractivity contribution in [1.82, 2.24) is 9.55 Å². The van der Waals surface area contributed by atoms with Gasteiger partial charge in [0.05, 0.1) is 29.4 Å². The van der Waals surface area contributed by atoms with E-state index in [1.807, 2.05) is 33.7 Å². The molecule has 0 aliphatic heterocycles. The van der Waals surface area contributed by atoms with Crippen molar-refractivity contribution in [2.45, 2.75) is 0 Å². The number of methoxy groups -OCH3 is 1. The first kappa shape index (κ1) is 11.0. The second-order valence-electron chi connectivity index (χ2n) is 3.79. The molecule has 0 saturated carbocycles. The zero-order valence-corrected chi connectivity index (χ0v) is 10.5. The SMILES string of the molecule is COC(=O)c1cnc2ccn(-c3ccsc3)c2c1. The number of carbonyl (C=O) groups excluding carboxylic acids is 1.